The molecule has 0 spiro atoms. The third kappa shape index (κ3) is 6.28. The Morgan fingerprint density at radius 2 is 1.89 bits per heavy atom. The monoisotopic (exact) mass is 545 g/mol. The number of thioether (sulfide) groups is 1. The van der Waals surface area contributed by atoms with Crippen LogP contribution in [-0.4, -0.2) is 55.9 Å². The molecule has 10 heteroatoms. The first-order chi connectivity index (χ1) is 17.9. The lowest BCUT2D eigenvalue weighted by Gasteiger charge is -2.36. The Kier molecular flexibility index (Phi) is 8.30. The largest absolute Gasteiger partial charge is 0.485 e. The number of hydrogen-bond donors (Lipinski definition) is 0. The van der Waals surface area contributed by atoms with Crippen LogP contribution in [0.5, 0.6) is 5.75 Å². The van der Waals surface area contributed by atoms with Gasteiger partial charge in [0.25, 0.3) is 0 Å². The molecule has 7 nitrogen and oxygen atoms in total. The number of rotatable bonds is 7. The number of imidazole rings is 1. The maximum Gasteiger partial charge on any atom is 0.410 e. The summed E-state index contributed by atoms with van der Waals surface area (Å²) in [6.07, 6.45) is 2.16. The van der Waals surface area contributed by atoms with Gasteiger partial charge in [0.2, 0.25) is 0 Å². The summed E-state index contributed by atoms with van der Waals surface area (Å²) in [6, 6.07) is 5.28. The van der Waals surface area contributed by atoms with Gasteiger partial charge in [0.05, 0.1) is 11.3 Å². The van der Waals surface area contributed by atoms with E-state index in [0.717, 1.165) is 17.1 Å². The third-order valence-electron chi connectivity index (χ3n) is 6.26. The first-order valence-electron chi connectivity index (χ1n) is 12.6. The summed E-state index contributed by atoms with van der Waals surface area (Å²) in [6.45, 7) is 9.37. The fourth-order valence-corrected chi connectivity index (χ4v) is 5.60. The maximum absolute atomic E-state index is 14.1. The molecule has 0 bridgehead atoms. The predicted molar refractivity (Wildman–Crippen MR) is 143 cm³/mol. The van der Waals surface area contributed by atoms with Crippen molar-refractivity contribution in [2.45, 2.75) is 65.7 Å². The molecule has 1 aliphatic rings. The van der Waals surface area contributed by atoms with Crippen molar-refractivity contribution < 1.29 is 27.8 Å². The molecule has 1 atom stereocenters. The minimum absolute atomic E-state index is 0.105. The van der Waals surface area contributed by atoms with Gasteiger partial charge in [-0.2, -0.15) is 11.8 Å². The molecular weight excluding hydrogens is 512 g/mol. The molecule has 0 saturated carbocycles. The summed E-state index contributed by atoms with van der Waals surface area (Å²) in [4.78, 5) is 32.5. The minimum atomic E-state index is -0.689. The fourth-order valence-electron chi connectivity index (χ4n) is 4.49. The summed E-state index contributed by atoms with van der Waals surface area (Å²) in [5.41, 5.74) is 1.39. The second-order valence-corrected chi connectivity index (χ2v) is 11.6. The zero-order valence-electron chi connectivity index (χ0n) is 22.3. The van der Waals surface area contributed by atoms with Crippen LogP contribution < -0.4 is 4.74 Å². The van der Waals surface area contributed by atoms with Gasteiger partial charge in [0.15, 0.2) is 17.2 Å². The van der Waals surface area contributed by atoms with E-state index in [1.165, 1.54) is 18.2 Å². The van der Waals surface area contributed by atoms with Crippen molar-refractivity contribution in [3.63, 3.8) is 0 Å². The highest BCUT2D eigenvalue weighted by atomic mass is 32.2. The summed E-state index contributed by atoms with van der Waals surface area (Å²) >= 11 is 1.76. The topological polar surface area (TPSA) is 73.1 Å². The lowest BCUT2D eigenvalue weighted by atomic mass is 10.1. The zero-order chi connectivity index (χ0) is 27.6. The summed E-state index contributed by atoms with van der Waals surface area (Å²) in [7, 11) is 0. The third-order valence-corrected chi connectivity index (χ3v) is 7.35. The quantitative estimate of drug-likeness (QED) is 0.333. The van der Waals surface area contributed by atoms with E-state index in [-0.39, 0.29) is 36.5 Å². The van der Waals surface area contributed by atoms with Crippen molar-refractivity contribution in [3.05, 3.63) is 64.6 Å². The van der Waals surface area contributed by atoms with Crippen molar-refractivity contribution in [3.8, 4) is 5.75 Å². The average molecular weight is 546 g/mol. The number of amides is 1. The Morgan fingerprint density at radius 3 is 2.58 bits per heavy atom. The molecule has 0 aliphatic carbocycles. The van der Waals surface area contributed by atoms with Crippen LogP contribution in [0.1, 0.15) is 60.9 Å². The Labute approximate surface area is 225 Å². The van der Waals surface area contributed by atoms with E-state index in [0.29, 0.717) is 35.8 Å². The zero-order valence-corrected chi connectivity index (χ0v) is 23.2. The van der Waals surface area contributed by atoms with Crippen molar-refractivity contribution >= 4 is 29.3 Å². The van der Waals surface area contributed by atoms with Gasteiger partial charge in [-0.05, 0) is 64.8 Å². The van der Waals surface area contributed by atoms with Gasteiger partial charge < -0.3 is 14.4 Å². The molecule has 1 fully saturated rings. The molecule has 4 rings (SSSR count). The number of carbonyl (C=O) groups excluding carboxylic acids is 2. The van der Waals surface area contributed by atoms with Crippen LogP contribution in [0.3, 0.4) is 0 Å². The molecule has 1 amide bonds. The summed E-state index contributed by atoms with van der Waals surface area (Å²) in [5.74, 6) is 0.411. The van der Waals surface area contributed by atoms with Gasteiger partial charge in [-0.15, -0.1) is 0 Å². The molecule has 1 unspecified atom stereocenters. The van der Waals surface area contributed by atoms with Crippen LogP contribution in [0, 0.1) is 25.5 Å². The number of aromatic nitrogens is 2. The first-order valence-corrected chi connectivity index (χ1v) is 13.8. The number of halogens is 2. The molecule has 204 valence electrons. The molecule has 1 aromatic carbocycles. The number of Topliss-reactive ketones (excluding diaryl/α,β-unsaturated/α-hetero) is 1. The molecule has 1 aliphatic heterocycles. The van der Waals surface area contributed by atoms with Crippen LogP contribution in [0.2, 0.25) is 0 Å². The standard InChI is InChI=1S/C28H33F2N3O4S/c1-17-13-24(36-15-20-21(29)7-6-8-22(20)30)26-31-18(2)25(33(26)14-17)23(34)10-9-19-16-38-12-11-32(19)27(35)37-28(3,4)5/h6-8,13-14,19H,9-12,15-16H2,1-5H3. The van der Waals surface area contributed by atoms with Crippen LogP contribution in [0.4, 0.5) is 13.6 Å². The van der Waals surface area contributed by atoms with Crippen LogP contribution in [-0.2, 0) is 11.3 Å². The molecule has 0 radical (unpaired) electrons. The van der Waals surface area contributed by atoms with E-state index in [9.17, 15) is 18.4 Å². The number of aryl methyl sites for hydroxylation is 2. The molecule has 38 heavy (non-hydrogen) atoms. The van der Waals surface area contributed by atoms with Gasteiger partial charge in [0, 0.05) is 36.7 Å². The van der Waals surface area contributed by atoms with E-state index >= 15 is 0 Å². The Morgan fingerprint density at radius 1 is 1.18 bits per heavy atom. The molecule has 3 aromatic rings. The number of ether oxygens (including phenoxy) is 2. The second kappa shape index (κ2) is 11.3. The summed E-state index contributed by atoms with van der Waals surface area (Å²) < 4.78 is 41.3. The number of carbonyl (C=O) groups is 2. The van der Waals surface area contributed by atoms with E-state index in [1.807, 2.05) is 27.7 Å². The summed E-state index contributed by atoms with van der Waals surface area (Å²) in [5, 5.41) is 0. The van der Waals surface area contributed by atoms with Crippen molar-refractivity contribution in [2.24, 2.45) is 0 Å². The maximum atomic E-state index is 14.1. The minimum Gasteiger partial charge on any atom is -0.485 e. The SMILES string of the molecule is Cc1cc(OCc2c(F)cccc2F)c2nc(C)c(C(=O)CCC3CSCCN3C(=O)OC(C)(C)C)n2c1. The fraction of sp³-hybridized carbons (Fsp3) is 0.464. The highest BCUT2D eigenvalue weighted by molar-refractivity contribution is 7.99. The average Bonchev–Trinajstić information content (AvgIpc) is 3.17. The van der Waals surface area contributed by atoms with E-state index in [1.54, 1.807) is 40.2 Å². The van der Waals surface area contributed by atoms with Crippen LogP contribution in [0.15, 0.2) is 30.5 Å². The van der Waals surface area contributed by atoms with Crippen molar-refractivity contribution in [1.29, 1.82) is 0 Å². The molecule has 1 saturated heterocycles. The van der Waals surface area contributed by atoms with Crippen molar-refractivity contribution in [2.75, 3.05) is 18.1 Å². The number of benzene rings is 1. The molecule has 3 heterocycles. The van der Waals surface area contributed by atoms with E-state index < -0.39 is 17.2 Å². The van der Waals surface area contributed by atoms with Gasteiger partial charge in [-0.1, -0.05) is 6.07 Å². The van der Waals surface area contributed by atoms with Gasteiger partial charge in [-0.25, -0.2) is 18.6 Å². The highest BCUT2D eigenvalue weighted by Crippen LogP contribution is 2.28. The number of ketones is 1. The lowest BCUT2D eigenvalue weighted by molar-refractivity contribution is 0.0178. The van der Waals surface area contributed by atoms with Gasteiger partial charge in [0.1, 0.15) is 29.5 Å². The Bertz CT molecular complexity index is 1330. The Hall–Kier alpha value is -3.14. The number of pyridine rings is 1. The van der Waals surface area contributed by atoms with Gasteiger partial charge in [-0.3, -0.25) is 9.20 Å². The van der Waals surface area contributed by atoms with Crippen LogP contribution >= 0.6 is 11.8 Å². The predicted octanol–water partition coefficient (Wildman–Crippen LogP) is 6.12. The van der Waals surface area contributed by atoms with E-state index in [2.05, 4.69) is 4.98 Å². The molecule has 0 N–H and O–H groups in total. The number of nitrogens with zero attached hydrogens (tertiary/aromatic N) is 3. The van der Waals surface area contributed by atoms with Gasteiger partial charge >= 0.3 is 6.09 Å². The normalized spacial score (nSPS) is 16.1. The molecular formula is C28H33F2N3O4S. The molecule has 2 aromatic heterocycles. The Balaban J connectivity index is 1.53. The number of fused-ring (bicyclic) bond motifs is 1. The second-order valence-electron chi connectivity index (χ2n) is 10.5. The first kappa shape index (κ1) is 27.9. The van der Waals surface area contributed by atoms with Crippen molar-refractivity contribution in [1.82, 2.24) is 14.3 Å². The highest BCUT2D eigenvalue weighted by Gasteiger charge is 2.31. The number of hydrogen-bond acceptors (Lipinski definition) is 6. The van der Waals surface area contributed by atoms with E-state index in [4.69, 9.17) is 9.47 Å². The lowest BCUT2D eigenvalue weighted by Crippen LogP contribution is -2.48. The smallest absolute Gasteiger partial charge is 0.410 e. The van der Waals surface area contributed by atoms with Crippen LogP contribution in [0.25, 0.3) is 5.65 Å².